The molecule has 1 aliphatic heterocycles. The molecule has 0 aromatic rings. The van der Waals surface area contributed by atoms with Gasteiger partial charge in [-0.15, -0.1) is 0 Å². The summed E-state index contributed by atoms with van der Waals surface area (Å²) in [4.78, 5) is 2.55. The predicted molar refractivity (Wildman–Crippen MR) is 66.9 cm³/mol. The van der Waals surface area contributed by atoms with E-state index in [0.717, 1.165) is 12.5 Å². The molecule has 88 valence electrons. The predicted octanol–water partition coefficient (Wildman–Crippen LogP) is 2.40. The minimum atomic E-state index is 0.370. The van der Waals surface area contributed by atoms with Gasteiger partial charge in [-0.1, -0.05) is 25.5 Å². The highest BCUT2D eigenvalue weighted by atomic mass is 15.1. The summed E-state index contributed by atoms with van der Waals surface area (Å²) in [6.07, 6.45) is 9.58. The average Bonchev–Trinajstić information content (AvgIpc) is 2.18. The third-order valence-corrected chi connectivity index (χ3v) is 3.07. The van der Waals surface area contributed by atoms with Crippen molar-refractivity contribution in [3.05, 3.63) is 12.2 Å². The Balaban J connectivity index is 2.07. The maximum Gasteiger partial charge on any atom is 0.0163 e. The Bertz CT molecular complexity index is 187. The smallest absolute Gasteiger partial charge is 0.0163 e. The molecule has 0 saturated carbocycles. The zero-order valence-corrected chi connectivity index (χ0v) is 10.3. The largest absolute Gasteiger partial charge is 0.328 e. The van der Waals surface area contributed by atoms with Crippen LogP contribution in [0.2, 0.25) is 0 Å². The average molecular weight is 210 g/mol. The summed E-state index contributed by atoms with van der Waals surface area (Å²) in [6.45, 7) is 8.11. The molecule has 0 bridgehead atoms. The summed E-state index contributed by atoms with van der Waals surface area (Å²) in [5.41, 5.74) is 5.74. The van der Waals surface area contributed by atoms with Crippen molar-refractivity contribution in [1.29, 1.82) is 0 Å². The summed E-state index contributed by atoms with van der Waals surface area (Å²) in [5.74, 6) is 0.815. The van der Waals surface area contributed by atoms with Gasteiger partial charge >= 0.3 is 0 Å². The van der Waals surface area contributed by atoms with Crippen LogP contribution in [-0.4, -0.2) is 30.6 Å². The molecule has 0 saturated heterocycles. The fourth-order valence-corrected chi connectivity index (χ4v) is 2.18. The van der Waals surface area contributed by atoms with Crippen LogP contribution < -0.4 is 5.73 Å². The molecule has 2 nitrogen and oxygen atoms in total. The first kappa shape index (κ1) is 12.7. The highest BCUT2D eigenvalue weighted by Gasteiger charge is 2.10. The van der Waals surface area contributed by atoms with E-state index in [1.807, 2.05) is 0 Å². The van der Waals surface area contributed by atoms with Crippen molar-refractivity contribution in [2.24, 2.45) is 11.7 Å². The number of nitrogens with zero attached hydrogens (tertiary/aromatic N) is 1. The summed E-state index contributed by atoms with van der Waals surface area (Å²) < 4.78 is 0. The molecule has 0 radical (unpaired) electrons. The number of rotatable bonds is 6. The van der Waals surface area contributed by atoms with E-state index < -0.39 is 0 Å². The number of hydrogen-bond acceptors (Lipinski definition) is 2. The van der Waals surface area contributed by atoms with Gasteiger partial charge in [0, 0.05) is 25.7 Å². The van der Waals surface area contributed by atoms with Crippen molar-refractivity contribution >= 4 is 0 Å². The topological polar surface area (TPSA) is 29.3 Å². The summed E-state index contributed by atoms with van der Waals surface area (Å²) >= 11 is 0. The fourth-order valence-electron chi connectivity index (χ4n) is 2.18. The number of nitrogens with two attached hydrogens (primary N) is 1. The molecule has 0 fully saturated rings. The molecule has 2 heteroatoms. The summed E-state index contributed by atoms with van der Waals surface area (Å²) in [7, 11) is 0. The van der Waals surface area contributed by atoms with Crippen LogP contribution in [0.4, 0.5) is 0 Å². The quantitative estimate of drug-likeness (QED) is 0.682. The molecular weight excluding hydrogens is 184 g/mol. The van der Waals surface area contributed by atoms with Gasteiger partial charge in [-0.2, -0.15) is 0 Å². The maximum atomic E-state index is 5.74. The SMILES string of the molecule is CC(N)CCCC(C)CN1CC=CCC1. The minimum Gasteiger partial charge on any atom is -0.328 e. The lowest BCUT2D eigenvalue weighted by atomic mass is 10.0. The molecule has 2 unspecified atom stereocenters. The van der Waals surface area contributed by atoms with Crippen molar-refractivity contribution in [3.63, 3.8) is 0 Å². The minimum absolute atomic E-state index is 0.370. The van der Waals surface area contributed by atoms with Crippen LogP contribution in [-0.2, 0) is 0 Å². The van der Waals surface area contributed by atoms with Gasteiger partial charge in [-0.3, -0.25) is 4.90 Å². The van der Waals surface area contributed by atoms with Crippen LogP contribution >= 0.6 is 0 Å². The van der Waals surface area contributed by atoms with Gasteiger partial charge < -0.3 is 5.73 Å². The highest BCUT2D eigenvalue weighted by Crippen LogP contribution is 2.12. The van der Waals surface area contributed by atoms with Crippen LogP contribution in [0, 0.1) is 5.92 Å². The van der Waals surface area contributed by atoms with Crippen LogP contribution in [0.15, 0.2) is 12.2 Å². The first-order chi connectivity index (χ1) is 7.18. The molecule has 2 N–H and O–H groups in total. The summed E-state index contributed by atoms with van der Waals surface area (Å²) in [5, 5.41) is 0. The standard InChI is InChI=1S/C13H26N2/c1-12(7-6-8-13(2)14)11-15-9-4-3-5-10-15/h3-4,12-13H,5-11,14H2,1-2H3. The van der Waals surface area contributed by atoms with Crippen molar-refractivity contribution in [3.8, 4) is 0 Å². The van der Waals surface area contributed by atoms with Gasteiger partial charge in [0.25, 0.3) is 0 Å². The molecule has 2 atom stereocenters. The second-order valence-corrected chi connectivity index (χ2v) is 5.03. The second-order valence-electron chi connectivity index (χ2n) is 5.03. The molecule has 15 heavy (non-hydrogen) atoms. The number of hydrogen-bond donors (Lipinski definition) is 1. The Morgan fingerprint density at radius 2 is 2.07 bits per heavy atom. The molecule has 0 aromatic heterocycles. The van der Waals surface area contributed by atoms with Crippen molar-refractivity contribution in [2.45, 2.75) is 45.6 Å². The van der Waals surface area contributed by atoms with E-state index in [2.05, 4.69) is 30.9 Å². The normalized spacial score (nSPS) is 21.5. The summed E-state index contributed by atoms with van der Waals surface area (Å²) in [6, 6.07) is 0.370. The maximum absolute atomic E-state index is 5.74. The lowest BCUT2D eigenvalue weighted by Gasteiger charge is -2.26. The third kappa shape index (κ3) is 5.95. The van der Waals surface area contributed by atoms with E-state index in [0.29, 0.717) is 6.04 Å². The van der Waals surface area contributed by atoms with Gasteiger partial charge in [0.05, 0.1) is 0 Å². The van der Waals surface area contributed by atoms with E-state index in [9.17, 15) is 0 Å². The van der Waals surface area contributed by atoms with Gasteiger partial charge in [0.2, 0.25) is 0 Å². The Hall–Kier alpha value is -0.340. The van der Waals surface area contributed by atoms with E-state index in [1.54, 1.807) is 0 Å². The Kier molecular flexibility index (Phi) is 5.96. The van der Waals surface area contributed by atoms with Crippen LogP contribution in [0.5, 0.6) is 0 Å². The van der Waals surface area contributed by atoms with E-state index in [4.69, 9.17) is 5.73 Å². The van der Waals surface area contributed by atoms with Crippen molar-refractivity contribution in [1.82, 2.24) is 4.90 Å². The zero-order valence-electron chi connectivity index (χ0n) is 10.3. The van der Waals surface area contributed by atoms with Crippen molar-refractivity contribution in [2.75, 3.05) is 19.6 Å². The van der Waals surface area contributed by atoms with E-state index in [-0.39, 0.29) is 0 Å². The van der Waals surface area contributed by atoms with Crippen LogP contribution in [0.3, 0.4) is 0 Å². The monoisotopic (exact) mass is 210 g/mol. The fraction of sp³-hybridized carbons (Fsp3) is 0.846. The third-order valence-electron chi connectivity index (χ3n) is 3.07. The molecule has 1 heterocycles. The molecule has 0 spiro atoms. The van der Waals surface area contributed by atoms with Gasteiger partial charge in [-0.25, -0.2) is 0 Å². The van der Waals surface area contributed by atoms with E-state index in [1.165, 1.54) is 38.8 Å². The zero-order chi connectivity index (χ0) is 11.1. The lowest BCUT2D eigenvalue weighted by Crippen LogP contribution is -2.31. The molecule has 0 aromatic carbocycles. The Morgan fingerprint density at radius 3 is 2.67 bits per heavy atom. The first-order valence-corrected chi connectivity index (χ1v) is 6.31. The molecule has 1 rings (SSSR count). The Morgan fingerprint density at radius 1 is 1.27 bits per heavy atom. The van der Waals surface area contributed by atoms with Crippen molar-refractivity contribution < 1.29 is 0 Å². The first-order valence-electron chi connectivity index (χ1n) is 6.31. The molecule has 0 amide bonds. The van der Waals surface area contributed by atoms with Crippen LogP contribution in [0.25, 0.3) is 0 Å². The highest BCUT2D eigenvalue weighted by molar-refractivity contribution is 4.90. The van der Waals surface area contributed by atoms with Gasteiger partial charge in [0.15, 0.2) is 0 Å². The van der Waals surface area contributed by atoms with E-state index >= 15 is 0 Å². The van der Waals surface area contributed by atoms with Crippen LogP contribution in [0.1, 0.15) is 39.5 Å². The Labute approximate surface area is 94.5 Å². The molecule has 0 aliphatic carbocycles. The lowest BCUT2D eigenvalue weighted by molar-refractivity contribution is 0.248. The van der Waals surface area contributed by atoms with Gasteiger partial charge in [0.1, 0.15) is 0 Å². The second kappa shape index (κ2) is 7.02. The molecular formula is C13H26N2. The molecule has 1 aliphatic rings. The van der Waals surface area contributed by atoms with Gasteiger partial charge in [-0.05, 0) is 32.1 Å².